The van der Waals surface area contributed by atoms with Crippen molar-refractivity contribution in [1.29, 1.82) is 0 Å². The third-order valence-electron chi connectivity index (χ3n) is 6.82. The minimum absolute atomic E-state index is 0.00589. The number of carbonyl (C=O) groups is 1. The molecule has 0 N–H and O–H groups in total. The Morgan fingerprint density at radius 1 is 1.17 bits per heavy atom. The lowest BCUT2D eigenvalue weighted by Crippen LogP contribution is -2.39. The van der Waals surface area contributed by atoms with Crippen molar-refractivity contribution in [2.75, 3.05) is 13.4 Å². The minimum Gasteiger partial charge on any atom is -0.463 e. The third kappa shape index (κ3) is 4.61. The number of non-ortho nitro benzene ring substituents is 1. The SMILES string of the molecule is CCOC(=O)C1=C(C)N=c2sc(=Cc3ccc(-c4ccc([N+](=O)[O-])cc4C)o3)c(=O)n2C1c1ccc2c(c1)OCO2. The summed E-state index contributed by atoms with van der Waals surface area (Å²) >= 11 is 1.18. The molecule has 2 aromatic carbocycles. The minimum atomic E-state index is -0.795. The van der Waals surface area contributed by atoms with Crippen LogP contribution in [0, 0.1) is 17.0 Å². The van der Waals surface area contributed by atoms with Gasteiger partial charge in [0.05, 0.1) is 33.4 Å². The summed E-state index contributed by atoms with van der Waals surface area (Å²) in [4.78, 5) is 42.6. The van der Waals surface area contributed by atoms with Gasteiger partial charge in [-0.3, -0.25) is 19.5 Å². The molecular weight excluding hydrogens is 550 g/mol. The fourth-order valence-corrected chi connectivity index (χ4v) is 5.96. The number of furan rings is 1. The van der Waals surface area contributed by atoms with Crippen LogP contribution in [0.3, 0.4) is 0 Å². The van der Waals surface area contributed by atoms with Gasteiger partial charge in [0.25, 0.3) is 11.2 Å². The van der Waals surface area contributed by atoms with E-state index in [0.29, 0.717) is 54.7 Å². The number of ether oxygens (including phenoxy) is 3. The lowest BCUT2D eigenvalue weighted by molar-refractivity contribution is -0.384. The highest BCUT2D eigenvalue weighted by atomic mass is 32.1. The molecule has 0 amide bonds. The number of hydrogen-bond acceptors (Lipinski definition) is 10. The van der Waals surface area contributed by atoms with E-state index in [2.05, 4.69) is 4.99 Å². The Morgan fingerprint density at radius 3 is 2.73 bits per heavy atom. The summed E-state index contributed by atoms with van der Waals surface area (Å²) < 4.78 is 24.2. The summed E-state index contributed by atoms with van der Waals surface area (Å²) in [6, 6.07) is 12.5. The fraction of sp³-hybridized carbons (Fsp3) is 0.207. The normalized spacial score (nSPS) is 16.0. The molecule has 1 atom stereocenters. The summed E-state index contributed by atoms with van der Waals surface area (Å²) in [5, 5.41) is 11.1. The summed E-state index contributed by atoms with van der Waals surface area (Å²) in [6.07, 6.45) is 1.62. The van der Waals surface area contributed by atoms with Gasteiger partial charge in [-0.1, -0.05) is 17.4 Å². The van der Waals surface area contributed by atoms with Crippen molar-refractivity contribution in [3.63, 3.8) is 0 Å². The van der Waals surface area contributed by atoms with E-state index in [-0.39, 0.29) is 30.2 Å². The van der Waals surface area contributed by atoms with Gasteiger partial charge >= 0.3 is 5.97 Å². The van der Waals surface area contributed by atoms with E-state index in [4.69, 9.17) is 18.6 Å². The van der Waals surface area contributed by atoms with Crippen molar-refractivity contribution in [2.45, 2.75) is 26.8 Å². The summed E-state index contributed by atoms with van der Waals surface area (Å²) in [5.41, 5.74) is 2.39. The number of fused-ring (bicyclic) bond motifs is 2. The lowest BCUT2D eigenvalue weighted by atomic mass is 9.95. The number of nitro groups is 1. The molecule has 12 heteroatoms. The Labute approximate surface area is 236 Å². The molecule has 0 spiro atoms. The molecule has 2 aliphatic rings. The number of esters is 1. The van der Waals surface area contributed by atoms with Crippen LogP contribution in [-0.2, 0) is 9.53 Å². The molecule has 1 unspecified atom stereocenters. The summed E-state index contributed by atoms with van der Waals surface area (Å²) in [7, 11) is 0. The number of aryl methyl sites for hydroxylation is 1. The van der Waals surface area contributed by atoms with Crippen molar-refractivity contribution in [3.8, 4) is 22.8 Å². The maximum absolute atomic E-state index is 13.8. The molecule has 0 fully saturated rings. The number of allylic oxidation sites excluding steroid dienone is 1. The molecule has 41 heavy (non-hydrogen) atoms. The second-order valence-electron chi connectivity index (χ2n) is 9.37. The quantitative estimate of drug-likeness (QED) is 0.192. The van der Waals surface area contributed by atoms with Crippen LogP contribution in [0.2, 0.25) is 0 Å². The Morgan fingerprint density at radius 2 is 1.98 bits per heavy atom. The first-order valence-electron chi connectivity index (χ1n) is 12.7. The molecule has 0 radical (unpaired) electrons. The average Bonchev–Trinajstić information content (AvgIpc) is 3.67. The Hall–Kier alpha value is -4.97. The monoisotopic (exact) mass is 573 g/mol. The number of rotatable bonds is 6. The van der Waals surface area contributed by atoms with E-state index in [1.54, 1.807) is 63.2 Å². The van der Waals surface area contributed by atoms with Gasteiger partial charge < -0.3 is 18.6 Å². The van der Waals surface area contributed by atoms with Crippen LogP contribution in [0.15, 0.2) is 74.0 Å². The number of thiazole rings is 1. The number of nitrogens with zero attached hydrogens (tertiary/aromatic N) is 3. The summed E-state index contributed by atoms with van der Waals surface area (Å²) in [5.74, 6) is 1.47. The maximum atomic E-state index is 13.8. The summed E-state index contributed by atoms with van der Waals surface area (Å²) in [6.45, 7) is 5.46. The number of nitro benzene ring substituents is 1. The van der Waals surface area contributed by atoms with Crippen molar-refractivity contribution in [1.82, 2.24) is 4.57 Å². The van der Waals surface area contributed by atoms with E-state index < -0.39 is 16.9 Å². The number of hydrogen-bond donors (Lipinski definition) is 0. The molecule has 6 rings (SSSR count). The first-order valence-corrected chi connectivity index (χ1v) is 13.5. The fourth-order valence-electron chi connectivity index (χ4n) is 4.93. The second-order valence-corrected chi connectivity index (χ2v) is 10.4. The van der Waals surface area contributed by atoms with Crippen LogP contribution in [-0.4, -0.2) is 28.9 Å². The highest BCUT2D eigenvalue weighted by molar-refractivity contribution is 7.07. The van der Waals surface area contributed by atoms with Crippen LogP contribution in [0.1, 0.15) is 36.8 Å². The largest absolute Gasteiger partial charge is 0.463 e. The molecule has 0 saturated heterocycles. The lowest BCUT2D eigenvalue weighted by Gasteiger charge is -2.24. The number of benzene rings is 2. The standard InChI is InChI=1S/C29H23N3O8S/c1-4-37-28(34)25-16(3)30-29-31(26(25)17-5-9-22-23(12-17)39-14-38-22)27(33)24(41-29)13-19-7-10-21(40-19)20-8-6-18(32(35)36)11-15(20)2/h5-13,26H,4,14H2,1-3H3. The Balaban J connectivity index is 1.45. The first kappa shape index (κ1) is 26.3. The predicted octanol–water partition coefficient (Wildman–Crippen LogP) is 4.00. The highest BCUT2D eigenvalue weighted by Gasteiger charge is 2.34. The van der Waals surface area contributed by atoms with Crippen molar-refractivity contribution >= 4 is 29.1 Å². The van der Waals surface area contributed by atoms with Crippen molar-refractivity contribution in [3.05, 3.63) is 106 Å². The average molecular weight is 574 g/mol. The van der Waals surface area contributed by atoms with Gasteiger partial charge in [0.15, 0.2) is 16.3 Å². The Kier molecular flexibility index (Phi) is 6.54. The zero-order chi connectivity index (χ0) is 28.8. The molecule has 0 aliphatic carbocycles. The molecule has 2 aromatic heterocycles. The highest BCUT2D eigenvalue weighted by Crippen LogP contribution is 2.38. The van der Waals surface area contributed by atoms with E-state index in [1.807, 2.05) is 0 Å². The number of carbonyl (C=O) groups excluding carboxylic acids is 1. The van der Waals surface area contributed by atoms with Gasteiger partial charge in [0.1, 0.15) is 11.5 Å². The van der Waals surface area contributed by atoms with Crippen molar-refractivity contribution in [2.24, 2.45) is 4.99 Å². The second kappa shape index (κ2) is 10.2. The smallest absolute Gasteiger partial charge is 0.338 e. The molecule has 4 aromatic rings. The van der Waals surface area contributed by atoms with Gasteiger partial charge in [-0.2, -0.15) is 0 Å². The maximum Gasteiger partial charge on any atom is 0.338 e. The Bertz CT molecular complexity index is 1950. The molecule has 0 saturated carbocycles. The molecule has 4 heterocycles. The van der Waals surface area contributed by atoms with Gasteiger partial charge in [0, 0.05) is 23.8 Å². The zero-order valence-electron chi connectivity index (χ0n) is 22.2. The third-order valence-corrected chi connectivity index (χ3v) is 7.80. The van der Waals surface area contributed by atoms with E-state index in [0.717, 1.165) is 0 Å². The molecule has 0 bridgehead atoms. The van der Waals surface area contributed by atoms with Crippen LogP contribution < -0.4 is 24.4 Å². The molecule has 11 nitrogen and oxygen atoms in total. The topological polar surface area (TPSA) is 135 Å². The van der Waals surface area contributed by atoms with E-state index in [9.17, 15) is 19.7 Å². The van der Waals surface area contributed by atoms with E-state index >= 15 is 0 Å². The van der Waals surface area contributed by atoms with Crippen LogP contribution in [0.5, 0.6) is 11.5 Å². The van der Waals surface area contributed by atoms with Crippen LogP contribution >= 0.6 is 11.3 Å². The van der Waals surface area contributed by atoms with Gasteiger partial charge in [-0.15, -0.1) is 0 Å². The van der Waals surface area contributed by atoms with Crippen molar-refractivity contribution < 1.29 is 28.3 Å². The predicted molar refractivity (Wildman–Crippen MR) is 148 cm³/mol. The van der Waals surface area contributed by atoms with E-state index in [1.165, 1.54) is 28.0 Å². The first-order chi connectivity index (χ1) is 19.7. The molecular formula is C29H23N3O8S. The van der Waals surface area contributed by atoms with Crippen LogP contribution in [0.25, 0.3) is 17.4 Å². The van der Waals surface area contributed by atoms with Gasteiger partial charge in [-0.05, 0) is 62.2 Å². The molecule has 208 valence electrons. The van der Waals surface area contributed by atoms with Gasteiger partial charge in [-0.25, -0.2) is 9.79 Å². The van der Waals surface area contributed by atoms with Gasteiger partial charge in [0.2, 0.25) is 6.79 Å². The van der Waals surface area contributed by atoms with Crippen LogP contribution in [0.4, 0.5) is 5.69 Å². The zero-order valence-corrected chi connectivity index (χ0v) is 23.0. The number of aromatic nitrogens is 1. The molecule has 2 aliphatic heterocycles.